The molecule has 2 fully saturated rings. The third-order valence-corrected chi connectivity index (χ3v) is 16.3. The topological polar surface area (TPSA) is 650 Å². The number of amides is 4. The van der Waals surface area contributed by atoms with E-state index in [1.165, 1.54) is 72.0 Å². The second-order valence-corrected chi connectivity index (χ2v) is 20.5. The number of nitrogens with two attached hydrogens (primary N) is 2. The van der Waals surface area contributed by atoms with Crippen LogP contribution in [0.15, 0.2) is 73.1 Å². The van der Waals surface area contributed by atoms with Crippen LogP contribution >= 0.6 is 69.7 Å². The van der Waals surface area contributed by atoms with E-state index in [2.05, 4.69) is 51.1 Å². The molecule has 4 aromatic heterocycles. The molecular formula is C36H50N16Na4O21S6. The van der Waals surface area contributed by atoms with E-state index in [0.717, 1.165) is 56.0 Å². The van der Waals surface area contributed by atoms with Crippen molar-refractivity contribution in [1.29, 1.82) is 0 Å². The molecule has 4 atom stereocenters. The zero-order valence-electron chi connectivity index (χ0n) is 44.7. The number of aryl methyl sites for hydroxylation is 2. The molecular weight excluding hydrogens is 1280 g/mol. The van der Waals surface area contributed by atoms with Gasteiger partial charge in [0.1, 0.15) is 59.8 Å². The van der Waals surface area contributed by atoms with E-state index >= 15 is 0 Å². The minimum Gasteiger partial charge on any atom is -0.477 e. The first-order valence-electron chi connectivity index (χ1n) is 19.9. The average molecular weight is 1330 g/mol. The van der Waals surface area contributed by atoms with Crippen LogP contribution < -0.4 is 44.3 Å². The van der Waals surface area contributed by atoms with Crippen LogP contribution in [0.4, 0.5) is 10.3 Å². The molecule has 4 aliphatic rings. The van der Waals surface area contributed by atoms with Crippen molar-refractivity contribution in [3.63, 3.8) is 0 Å². The molecule has 0 aromatic carbocycles. The van der Waals surface area contributed by atoms with E-state index in [1.54, 1.807) is 0 Å². The number of thioether (sulfide) groups is 4. The van der Waals surface area contributed by atoms with E-state index in [0.29, 0.717) is 11.1 Å². The predicted octanol–water partition coefficient (Wildman–Crippen LogP) is -10.5. The molecule has 2 saturated heterocycles. The summed E-state index contributed by atoms with van der Waals surface area (Å²) in [4.78, 5) is 149. The molecule has 8 heterocycles. The number of nitrogens with zero attached hydrogens (tertiary/aromatic N) is 10. The van der Waals surface area contributed by atoms with E-state index in [9.17, 15) is 58.2 Å². The minimum atomic E-state index is -1.31. The second-order valence-electron chi connectivity index (χ2n) is 14.6. The molecule has 4 aromatic rings. The summed E-state index contributed by atoms with van der Waals surface area (Å²) in [5, 5.41) is 39.3. The number of carboxylic acids is 2. The van der Waals surface area contributed by atoms with Gasteiger partial charge in [-0.15, -0.1) is 46.2 Å². The Morgan fingerprint density at radius 1 is 0.627 bits per heavy atom. The summed E-state index contributed by atoms with van der Waals surface area (Å²) in [6.07, 6.45) is 0. The van der Waals surface area contributed by atoms with Crippen LogP contribution in [0.25, 0.3) is 0 Å². The molecule has 0 aliphatic carbocycles. The fourth-order valence-corrected chi connectivity index (χ4v) is 12.8. The number of hydrogen-bond donors (Lipinski definition) is 8. The summed E-state index contributed by atoms with van der Waals surface area (Å²) < 4.78 is 2.51. The molecule has 24 N–H and O–H groups in total. The number of aromatic nitrogens is 8. The zero-order chi connectivity index (χ0) is 52.3. The fourth-order valence-electron chi connectivity index (χ4n) is 6.88. The smallest absolute Gasteiger partial charge is 0.352 e. The second kappa shape index (κ2) is 38.6. The molecule has 8 rings (SSSR count). The number of rotatable bonds is 16. The zero-order valence-corrected chi connectivity index (χ0v) is 57.6. The first kappa shape index (κ1) is 88.2. The Hall–Kier alpha value is -3.56. The molecule has 0 spiro atoms. The van der Waals surface area contributed by atoms with Crippen molar-refractivity contribution in [1.82, 2.24) is 59.9 Å². The van der Waals surface area contributed by atoms with Gasteiger partial charge in [-0.1, -0.05) is 33.8 Å². The van der Waals surface area contributed by atoms with Crippen molar-refractivity contribution in [3.8, 4) is 0 Å². The molecule has 4 radical (unpaired) electrons. The van der Waals surface area contributed by atoms with Gasteiger partial charge >= 0.3 is 34.2 Å². The number of carboxylic acid groups (broad SMARTS) is 2. The van der Waals surface area contributed by atoms with Crippen LogP contribution in [0.3, 0.4) is 0 Å². The number of thiazole rings is 2. The Kier molecular flexibility index (Phi) is 41.0. The monoisotopic (exact) mass is 1330 g/mol. The molecule has 0 saturated carbocycles. The molecule has 0 bridgehead atoms. The maximum absolute atomic E-state index is 12.9. The van der Waals surface area contributed by atoms with Crippen molar-refractivity contribution >= 4 is 245 Å². The van der Waals surface area contributed by atoms with Gasteiger partial charge in [0, 0.05) is 166 Å². The Bertz CT molecular complexity index is 3110. The van der Waals surface area contributed by atoms with Gasteiger partial charge in [0.05, 0.1) is 0 Å². The summed E-state index contributed by atoms with van der Waals surface area (Å²) >= 11 is 6.82. The van der Waals surface area contributed by atoms with Gasteiger partial charge < -0.3 is 80.3 Å². The minimum absolute atomic E-state index is 0. The number of oxime groups is 2. The quantitative estimate of drug-likeness (QED) is 0.0129. The van der Waals surface area contributed by atoms with E-state index in [4.69, 9.17) is 21.1 Å². The molecule has 37 nitrogen and oxygen atoms in total. The van der Waals surface area contributed by atoms with E-state index in [1.807, 2.05) is 0 Å². The van der Waals surface area contributed by atoms with Crippen molar-refractivity contribution in [2.24, 2.45) is 24.4 Å². The van der Waals surface area contributed by atoms with E-state index in [-0.39, 0.29) is 234 Å². The number of hydrogen-bond acceptors (Lipinski definition) is 26. The molecule has 83 heavy (non-hydrogen) atoms. The summed E-state index contributed by atoms with van der Waals surface area (Å²) in [6, 6.07) is -1.99. The standard InChI is InChI=1S/2C18H18N8O7S3.4Na.7H2O/c2*1-25-18(22-12(28)13(29)23-25)36-4-6-3-34-15-9(14(30)26(15)10(6)16(31)32)21-11(27)8(24-33-2)7-5-35-17(19)20-7;;;;;;;;;;;/h2*5,9,15H,3-4H2,1-2H3,(H2,19,20)(H,21,27)(H,23,29)(H,31,32);;;;;7*1H2/b2*24-8-;;;;;;;;;;;/t2*9-,15-;;;;;;;;;;;/m11.........../s1. The molecule has 4 amide bonds. The van der Waals surface area contributed by atoms with Gasteiger partial charge in [0.25, 0.3) is 23.6 Å². The number of aliphatic carboxylic acids is 2. The Morgan fingerprint density at radius 2 is 0.952 bits per heavy atom. The van der Waals surface area contributed by atoms with Crippen molar-refractivity contribution < 1.29 is 87.0 Å². The van der Waals surface area contributed by atoms with Gasteiger partial charge in [-0.2, -0.15) is 9.97 Å². The summed E-state index contributed by atoms with van der Waals surface area (Å²) in [5.41, 5.74) is 8.00. The van der Waals surface area contributed by atoms with Crippen LogP contribution in [-0.4, -0.2) is 323 Å². The van der Waals surface area contributed by atoms with E-state index < -0.39 is 80.6 Å². The van der Waals surface area contributed by atoms with Gasteiger partial charge in [0.15, 0.2) is 32.0 Å². The maximum atomic E-state index is 12.9. The Morgan fingerprint density at radius 3 is 1.23 bits per heavy atom. The number of H-pyrrole nitrogens is 2. The SMILES string of the molecule is CO/N=C(\C(=O)N[C@@H]1C(=O)N2C(C(=O)O)=C(CSc3nc(=O)c(=O)[nH]n3C)CS[C@H]12)c1csc(N)n1.CO/N=C(\C(=O)N[C@@H]1C(=O)N2C(C(=O)O)=C(CSc3nc(=O)c(=O)[nH]n3C)CS[C@H]12)c1csc(N)n1.O.O.O.O.O.O.O.[Na].[Na].[Na].[Na]. The van der Waals surface area contributed by atoms with Crippen molar-refractivity contribution in [3.05, 3.63) is 86.1 Å². The number of anilines is 2. The number of fused-ring (bicyclic) bond motifs is 2. The van der Waals surface area contributed by atoms with Crippen molar-refractivity contribution in [2.45, 2.75) is 33.1 Å². The molecule has 0 unspecified atom stereocenters. The Balaban J connectivity index is -0.000000431. The number of carbonyl (C=O) groups is 6. The number of β-lactam (4-membered cyclic amide) rings is 2. The summed E-state index contributed by atoms with van der Waals surface area (Å²) in [6.45, 7) is 0. The van der Waals surface area contributed by atoms with Crippen LogP contribution in [0.2, 0.25) is 0 Å². The van der Waals surface area contributed by atoms with Crippen molar-refractivity contribution in [2.75, 3.05) is 48.7 Å². The first-order valence-corrected chi connectivity index (χ1v) is 25.7. The van der Waals surface area contributed by atoms with Crippen LogP contribution in [0.5, 0.6) is 0 Å². The summed E-state index contributed by atoms with van der Waals surface area (Å²) in [7, 11) is 5.48. The predicted molar refractivity (Wildman–Crippen MR) is 309 cm³/mol. The van der Waals surface area contributed by atoms with Crippen LogP contribution in [0, 0.1) is 0 Å². The average Bonchev–Trinajstić information content (AvgIpc) is 3.98. The number of carbonyl (C=O) groups excluding carboxylic acids is 4. The number of nitrogen functional groups attached to an aromatic ring is 2. The Labute approximate surface area is 577 Å². The fraction of sp³-hybridized carbons (Fsp3) is 0.333. The third-order valence-electron chi connectivity index (χ3n) is 10.0. The maximum Gasteiger partial charge on any atom is 0.352 e. The first-order chi connectivity index (χ1) is 34.2. The number of aromatic amines is 2. The largest absolute Gasteiger partial charge is 0.477 e. The molecule has 440 valence electrons. The molecule has 47 heteroatoms. The summed E-state index contributed by atoms with van der Waals surface area (Å²) in [5.74, 6) is -4.60. The van der Waals surface area contributed by atoms with Gasteiger partial charge in [-0.25, -0.2) is 19.6 Å². The van der Waals surface area contributed by atoms with Crippen LogP contribution in [0.1, 0.15) is 11.4 Å². The van der Waals surface area contributed by atoms with Gasteiger partial charge in [-0.3, -0.25) is 67.7 Å². The third kappa shape index (κ3) is 19.7. The van der Waals surface area contributed by atoms with Gasteiger partial charge in [0.2, 0.25) is 0 Å². The normalized spacial score (nSPS) is 17.0. The number of nitrogens with one attached hydrogen (secondary N) is 4. The molecule has 4 aliphatic heterocycles. The van der Waals surface area contributed by atoms with Gasteiger partial charge in [-0.05, 0) is 11.1 Å². The van der Waals surface area contributed by atoms with Crippen LogP contribution in [-0.2, 0) is 52.5 Å².